The Hall–Kier alpha value is -1.40. The molecule has 0 saturated heterocycles. The van der Waals surface area contributed by atoms with Gasteiger partial charge in [0.2, 0.25) is 11.8 Å². The van der Waals surface area contributed by atoms with Crippen LogP contribution >= 0.6 is 46.6 Å². The SMILES string of the molecule is CC[C@@H](C(=O)NC(C)C)N(Cc1ccc(Cl)cc1)C(=O)CSCc1c(Cl)cccc1Cl. The Morgan fingerprint density at radius 2 is 1.65 bits per heavy atom. The maximum atomic E-state index is 13.2. The molecule has 0 fully saturated rings. The lowest BCUT2D eigenvalue weighted by atomic mass is 10.1. The van der Waals surface area contributed by atoms with E-state index in [1.165, 1.54) is 11.8 Å². The van der Waals surface area contributed by atoms with Crippen LogP contribution in [0.2, 0.25) is 15.1 Å². The Bertz CT molecular complexity index is 871. The van der Waals surface area contributed by atoms with Crippen molar-refractivity contribution in [1.29, 1.82) is 0 Å². The first-order valence-corrected chi connectivity index (χ1v) is 12.4. The molecule has 0 bridgehead atoms. The van der Waals surface area contributed by atoms with Crippen molar-refractivity contribution in [2.45, 2.75) is 51.6 Å². The maximum Gasteiger partial charge on any atom is 0.243 e. The summed E-state index contributed by atoms with van der Waals surface area (Å²) in [5.74, 6) is 0.446. The number of amides is 2. The van der Waals surface area contributed by atoms with E-state index in [2.05, 4.69) is 5.32 Å². The second-order valence-corrected chi connectivity index (χ2v) is 9.66. The number of hydrogen-bond acceptors (Lipinski definition) is 3. The van der Waals surface area contributed by atoms with Crippen molar-refractivity contribution in [2.75, 3.05) is 5.75 Å². The van der Waals surface area contributed by atoms with Crippen LogP contribution in [0.3, 0.4) is 0 Å². The van der Waals surface area contributed by atoms with E-state index in [1.807, 2.05) is 32.9 Å². The molecular formula is C23H27Cl3N2O2S. The molecule has 168 valence electrons. The zero-order valence-corrected chi connectivity index (χ0v) is 20.9. The Balaban J connectivity index is 2.16. The summed E-state index contributed by atoms with van der Waals surface area (Å²) in [6.45, 7) is 6.04. The summed E-state index contributed by atoms with van der Waals surface area (Å²) in [5, 5.41) is 4.70. The third kappa shape index (κ3) is 7.90. The zero-order valence-electron chi connectivity index (χ0n) is 17.8. The fourth-order valence-corrected chi connectivity index (χ4v) is 4.85. The molecule has 31 heavy (non-hydrogen) atoms. The average molecular weight is 502 g/mol. The molecule has 2 aromatic rings. The molecule has 0 spiro atoms. The van der Waals surface area contributed by atoms with E-state index >= 15 is 0 Å². The van der Waals surface area contributed by atoms with Crippen LogP contribution in [0.4, 0.5) is 0 Å². The summed E-state index contributed by atoms with van der Waals surface area (Å²) in [5.41, 5.74) is 1.71. The van der Waals surface area contributed by atoms with E-state index in [4.69, 9.17) is 34.8 Å². The highest BCUT2D eigenvalue weighted by molar-refractivity contribution is 7.99. The van der Waals surface area contributed by atoms with Crippen LogP contribution in [0, 0.1) is 0 Å². The molecule has 0 radical (unpaired) electrons. The molecule has 0 unspecified atom stereocenters. The predicted octanol–water partition coefficient (Wildman–Crippen LogP) is 6.21. The molecule has 2 rings (SSSR count). The van der Waals surface area contributed by atoms with Crippen LogP contribution in [-0.4, -0.2) is 34.6 Å². The van der Waals surface area contributed by atoms with Crippen molar-refractivity contribution in [1.82, 2.24) is 10.2 Å². The normalized spacial score (nSPS) is 12.0. The van der Waals surface area contributed by atoms with Gasteiger partial charge in [-0.05, 0) is 55.7 Å². The molecule has 4 nitrogen and oxygen atoms in total. The lowest BCUT2D eigenvalue weighted by molar-refractivity contribution is -0.139. The number of rotatable bonds is 10. The van der Waals surface area contributed by atoms with E-state index in [1.54, 1.807) is 35.2 Å². The fourth-order valence-electron chi connectivity index (χ4n) is 3.08. The number of carbonyl (C=O) groups is 2. The third-order valence-electron chi connectivity index (χ3n) is 4.62. The quantitative estimate of drug-likeness (QED) is 0.421. The average Bonchev–Trinajstić information content (AvgIpc) is 2.70. The Morgan fingerprint density at radius 1 is 1.03 bits per heavy atom. The van der Waals surface area contributed by atoms with Crippen molar-refractivity contribution < 1.29 is 9.59 Å². The largest absolute Gasteiger partial charge is 0.352 e. The summed E-state index contributed by atoms with van der Waals surface area (Å²) in [6.07, 6.45) is 0.513. The Morgan fingerprint density at radius 3 is 2.19 bits per heavy atom. The molecule has 0 aliphatic heterocycles. The molecule has 1 atom stereocenters. The standard InChI is InChI=1S/C23H27Cl3N2O2S/c1-4-21(23(30)27-15(2)3)28(12-16-8-10-17(24)11-9-16)22(29)14-31-13-18-19(25)6-5-7-20(18)26/h5-11,15,21H,4,12-14H2,1-3H3,(H,27,30)/t21-/m0/s1. The van der Waals surface area contributed by atoms with E-state index in [0.29, 0.717) is 33.8 Å². The van der Waals surface area contributed by atoms with Gasteiger partial charge in [0.15, 0.2) is 0 Å². The van der Waals surface area contributed by atoms with E-state index in [9.17, 15) is 9.59 Å². The molecule has 0 aliphatic rings. The zero-order chi connectivity index (χ0) is 23.0. The Labute approximate surface area is 203 Å². The molecular weight excluding hydrogens is 475 g/mol. The first-order chi connectivity index (χ1) is 14.7. The van der Waals surface area contributed by atoms with Crippen LogP contribution in [-0.2, 0) is 21.9 Å². The highest BCUT2D eigenvalue weighted by Crippen LogP contribution is 2.28. The van der Waals surface area contributed by atoms with Gasteiger partial charge >= 0.3 is 0 Å². The van der Waals surface area contributed by atoms with Crippen molar-refractivity contribution in [3.8, 4) is 0 Å². The minimum absolute atomic E-state index is 0.00854. The highest BCUT2D eigenvalue weighted by Gasteiger charge is 2.28. The molecule has 0 aromatic heterocycles. The first kappa shape index (κ1) is 25.9. The summed E-state index contributed by atoms with van der Waals surface area (Å²) < 4.78 is 0. The van der Waals surface area contributed by atoms with Gasteiger partial charge in [-0.1, -0.05) is 59.9 Å². The topological polar surface area (TPSA) is 49.4 Å². The number of carbonyl (C=O) groups excluding carboxylic acids is 2. The summed E-state index contributed by atoms with van der Waals surface area (Å²) >= 11 is 19.9. The van der Waals surface area contributed by atoms with Crippen LogP contribution in [0.1, 0.15) is 38.3 Å². The Kier molecular flexibility index (Phi) is 10.5. The van der Waals surface area contributed by atoms with E-state index < -0.39 is 6.04 Å². The monoisotopic (exact) mass is 500 g/mol. The van der Waals surface area contributed by atoms with Crippen molar-refractivity contribution in [3.05, 3.63) is 68.7 Å². The van der Waals surface area contributed by atoms with Gasteiger partial charge in [0, 0.05) is 33.4 Å². The van der Waals surface area contributed by atoms with Crippen LogP contribution in [0.15, 0.2) is 42.5 Å². The van der Waals surface area contributed by atoms with Crippen LogP contribution in [0.5, 0.6) is 0 Å². The van der Waals surface area contributed by atoms with Gasteiger partial charge in [0.1, 0.15) is 6.04 Å². The lowest BCUT2D eigenvalue weighted by Crippen LogP contribution is -2.50. The molecule has 8 heteroatoms. The first-order valence-electron chi connectivity index (χ1n) is 10.1. The number of hydrogen-bond donors (Lipinski definition) is 1. The summed E-state index contributed by atoms with van der Waals surface area (Å²) in [7, 11) is 0. The van der Waals surface area contributed by atoms with Crippen LogP contribution in [0.25, 0.3) is 0 Å². The molecule has 0 heterocycles. The van der Waals surface area contributed by atoms with Gasteiger partial charge in [-0.15, -0.1) is 11.8 Å². The number of nitrogens with zero attached hydrogens (tertiary/aromatic N) is 1. The minimum Gasteiger partial charge on any atom is -0.352 e. The summed E-state index contributed by atoms with van der Waals surface area (Å²) in [4.78, 5) is 27.6. The van der Waals surface area contributed by atoms with Gasteiger partial charge < -0.3 is 10.2 Å². The fraction of sp³-hybridized carbons (Fsp3) is 0.391. The van der Waals surface area contributed by atoms with Gasteiger partial charge in [0.05, 0.1) is 5.75 Å². The van der Waals surface area contributed by atoms with Gasteiger partial charge in [-0.2, -0.15) is 0 Å². The molecule has 0 aliphatic carbocycles. The van der Waals surface area contributed by atoms with E-state index in [0.717, 1.165) is 11.1 Å². The lowest BCUT2D eigenvalue weighted by Gasteiger charge is -2.31. The second-order valence-electron chi connectivity index (χ2n) is 7.43. The number of halogens is 3. The van der Waals surface area contributed by atoms with Gasteiger partial charge in [-0.25, -0.2) is 0 Å². The minimum atomic E-state index is -0.560. The highest BCUT2D eigenvalue weighted by atomic mass is 35.5. The van der Waals surface area contributed by atoms with Crippen molar-refractivity contribution >= 4 is 58.4 Å². The summed E-state index contributed by atoms with van der Waals surface area (Å²) in [6, 6.07) is 12.1. The smallest absolute Gasteiger partial charge is 0.243 e. The van der Waals surface area contributed by atoms with E-state index in [-0.39, 0.29) is 23.6 Å². The molecule has 1 N–H and O–H groups in total. The second kappa shape index (κ2) is 12.6. The van der Waals surface area contributed by atoms with Gasteiger partial charge in [0.25, 0.3) is 0 Å². The predicted molar refractivity (Wildman–Crippen MR) is 132 cm³/mol. The third-order valence-corrected chi connectivity index (χ3v) is 6.52. The van der Waals surface area contributed by atoms with Crippen LogP contribution < -0.4 is 5.32 Å². The number of thioether (sulfide) groups is 1. The number of benzene rings is 2. The molecule has 2 aromatic carbocycles. The number of nitrogens with one attached hydrogen (secondary N) is 1. The maximum absolute atomic E-state index is 13.2. The van der Waals surface area contributed by atoms with Crippen molar-refractivity contribution in [3.63, 3.8) is 0 Å². The molecule has 0 saturated carbocycles. The van der Waals surface area contributed by atoms with Gasteiger partial charge in [-0.3, -0.25) is 9.59 Å². The van der Waals surface area contributed by atoms with Crippen molar-refractivity contribution in [2.24, 2.45) is 0 Å². The molecule has 2 amide bonds.